The van der Waals surface area contributed by atoms with Crippen molar-refractivity contribution in [2.24, 2.45) is 0 Å². The van der Waals surface area contributed by atoms with E-state index in [0.29, 0.717) is 5.75 Å². The van der Waals surface area contributed by atoms with Crippen molar-refractivity contribution in [3.8, 4) is 34.1 Å². The Morgan fingerprint density at radius 3 is 2.48 bits per heavy atom. The van der Waals surface area contributed by atoms with Crippen molar-refractivity contribution in [2.75, 3.05) is 7.11 Å². The Morgan fingerprint density at radius 2 is 1.78 bits per heavy atom. The first-order valence-electron chi connectivity index (χ1n) is 6.78. The molecule has 6 nitrogen and oxygen atoms in total. The summed E-state index contributed by atoms with van der Waals surface area (Å²) in [6.07, 6.45) is 1.20. The molecule has 0 bridgehead atoms. The lowest BCUT2D eigenvalue weighted by Gasteiger charge is -2.10. The van der Waals surface area contributed by atoms with E-state index in [1.165, 1.54) is 44.6 Å². The van der Waals surface area contributed by atoms with E-state index in [1.807, 2.05) is 0 Å². The van der Waals surface area contributed by atoms with Crippen LogP contribution in [0.1, 0.15) is 5.56 Å². The highest BCUT2D eigenvalue weighted by Gasteiger charge is 2.18. The van der Waals surface area contributed by atoms with Gasteiger partial charge in [0.25, 0.3) is 0 Å². The van der Waals surface area contributed by atoms with Crippen molar-refractivity contribution < 1.29 is 24.5 Å². The molecule has 0 amide bonds. The van der Waals surface area contributed by atoms with E-state index >= 15 is 0 Å². The number of benzene rings is 2. The zero-order chi connectivity index (χ0) is 16.7. The molecule has 0 aliphatic carbocycles. The minimum Gasteiger partial charge on any atom is -0.508 e. The summed E-state index contributed by atoms with van der Waals surface area (Å²) in [4.78, 5) is 12.7. The third kappa shape index (κ3) is 2.24. The predicted molar refractivity (Wildman–Crippen MR) is 84.2 cm³/mol. The number of hydrogen-bond donors (Lipinski definition) is 3. The van der Waals surface area contributed by atoms with Gasteiger partial charge in [0.05, 0.1) is 12.7 Å². The van der Waals surface area contributed by atoms with Gasteiger partial charge in [-0.25, -0.2) is 0 Å². The molecular formula is C17H14O6. The predicted octanol–water partition coefficient (Wildman–Crippen LogP) is 2.89. The smallest absolute Gasteiger partial charge is 0.204 e. The maximum absolute atomic E-state index is 12.7. The summed E-state index contributed by atoms with van der Waals surface area (Å²) in [5, 5.41) is 29.8. The number of phenols is 3. The van der Waals surface area contributed by atoms with Crippen LogP contribution in [0.5, 0.6) is 23.0 Å². The molecule has 0 radical (unpaired) electrons. The van der Waals surface area contributed by atoms with Gasteiger partial charge in [-0.05, 0) is 19.1 Å². The van der Waals surface area contributed by atoms with E-state index < -0.39 is 5.43 Å². The van der Waals surface area contributed by atoms with Gasteiger partial charge in [0, 0.05) is 23.3 Å². The molecule has 0 saturated heterocycles. The second-order valence-electron chi connectivity index (χ2n) is 5.10. The maximum atomic E-state index is 12.7. The minimum absolute atomic E-state index is 0.00609. The van der Waals surface area contributed by atoms with Crippen LogP contribution >= 0.6 is 0 Å². The lowest BCUT2D eigenvalue weighted by molar-refractivity contribution is 0.408. The van der Waals surface area contributed by atoms with E-state index in [2.05, 4.69) is 0 Å². The Morgan fingerprint density at radius 1 is 1.04 bits per heavy atom. The number of aromatic hydroxyl groups is 3. The van der Waals surface area contributed by atoms with Gasteiger partial charge in [0.1, 0.15) is 40.2 Å². The van der Waals surface area contributed by atoms with E-state index in [-0.39, 0.29) is 44.9 Å². The van der Waals surface area contributed by atoms with Gasteiger partial charge in [-0.15, -0.1) is 0 Å². The van der Waals surface area contributed by atoms with E-state index in [1.54, 1.807) is 0 Å². The van der Waals surface area contributed by atoms with Crippen LogP contribution in [-0.2, 0) is 0 Å². The van der Waals surface area contributed by atoms with Crippen LogP contribution in [0.3, 0.4) is 0 Å². The maximum Gasteiger partial charge on any atom is 0.204 e. The number of phenolic OH excluding ortho intramolecular Hbond substituents is 3. The number of rotatable bonds is 2. The second kappa shape index (κ2) is 5.24. The van der Waals surface area contributed by atoms with E-state index in [9.17, 15) is 20.1 Å². The minimum atomic E-state index is -0.494. The summed E-state index contributed by atoms with van der Waals surface area (Å²) < 4.78 is 10.4. The summed E-state index contributed by atoms with van der Waals surface area (Å²) in [6, 6.07) is 5.59. The standard InChI is InChI=1S/C17H14O6/c1-8-12(18)4-3-10(16(8)20)11-7-23-14-6-9(22-2)5-13(19)15(14)17(11)21/h3-7,18-20H,1-2H3. The largest absolute Gasteiger partial charge is 0.508 e. The topological polar surface area (TPSA) is 100 Å². The Kier molecular flexibility index (Phi) is 3.37. The molecule has 6 heteroatoms. The zero-order valence-electron chi connectivity index (χ0n) is 12.5. The van der Waals surface area contributed by atoms with Gasteiger partial charge in [-0.1, -0.05) is 0 Å². The van der Waals surface area contributed by atoms with E-state index in [4.69, 9.17) is 9.15 Å². The van der Waals surface area contributed by atoms with Crippen LogP contribution in [-0.4, -0.2) is 22.4 Å². The SMILES string of the molecule is COc1cc(O)c2c(=O)c(-c3ccc(O)c(C)c3O)coc2c1. The average molecular weight is 314 g/mol. The fourth-order valence-electron chi connectivity index (χ4n) is 2.42. The zero-order valence-corrected chi connectivity index (χ0v) is 12.5. The highest BCUT2D eigenvalue weighted by atomic mass is 16.5. The third-order valence-corrected chi connectivity index (χ3v) is 3.76. The summed E-state index contributed by atoms with van der Waals surface area (Å²) in [5.41, 5.74) is 0.225. The molecule has 0 unspecified atom stereocenters. The van der Waals surface area contributed by atoms with E-state index in [0.717, 1.165) is 0 Å². The average Bonchev–Trinajstić information content (AvgIpc) is 2.53. The number of ether oxygens (including phenoxy) is 1. The van der Waals surface area contributed by atoms with Crippen LogP contribution in [0.15, 0.2) is 39.7 Å². The summed E-state index contributed by atoms with van der Waals surface area (Å²) in [7, 11) is 1.43. The Hall–Kier alpha value is -3.15. The molecule has 23 heavy (non-hydrogen) atoms. The Bertz CT molecular complexity index is 971. The molecular weight excluding hydrogens is 300 g/mol. The number of hydrogen-bond acceptors (Lipinski definition) is 6. The first-order valence-corrected chi connectivity index (χ1v) is 6.78. The molecule has 2 aromatic carbocycles. The molecule has 3 aromatic rings. The van der Waals surface area contributed by atoms with Crippen LogP contribution in [0.4, 0.5) is 0 Å². The van der Waals surface area contributed by atoms with Crippen molar-refractivity contribution in [1.29, 1.82) is 0 Å². The monoisotopic (exact) mass is 314 g/mol. The van der Waals surface area contributed by atoms with Crippen molar-refractivity contribution in [3.05, 3.63) is 46.3 Å². The molecule has 0 atom stereocenters. The fraction of sp³-hybridized carbons (Fsp3) is 0.118. The first-order chi connectivity index (χ1) is 10.9. The number of methoxy groups -OCH3 is 1. The molecule has 118 valence electrons. The molecule has 0 fully saturated rings. The molecule has 3 rings (SSSR count). The van der Waals surface area contributed by atoms with Crippen LogP contribution < -0.4 is 10.2 Å². The van der Waals surface area contributed by atoms with Gasteiger partial charge in [0.15, 0.2) is 0 Å². The summed E-state index contributed by atoms with van der Waals surface area (Å²) in [5.74, 6) is -0.215. The first kappa shape index (κ1) is 14.8. The van der Waals surface area contributed by atoms with Gasteiger partial charge in [0.2, 0.25) is 5.43 Å². The summed E-state index contributed by atoms with van der Waals surface area (Å²) >= 11 is 0. The highest BCUT2D eigenvalue weighted by Crippen LogP contribution is 2.37. The lowest BCUT2D eigenvalue weighted by Crippen LogP contribution is -2.05. The van der Waals surface area contributed by atoms with Gasteiger partial charge in [-0.2, -0.15) is 0 Å². The number of fused-ring (bicyclic) bond motifs is 1. The Labute approximate surface area is 130 Å². The highest BCUT2D eigenvalue weighted by molar-refractivity contribution is 5.89. The molecule has 3 N–H and O–H groups in total. The van der Waals surface area contributed by atoms with Crippen LogP contribution in [0, 0.1) is 6.92 Å². The van der Waals surface area contributed by atoms with Crippen molar-refractivity contribution in [3.63, 3.8) is 0 Å². The normalized spacial score (nSPS) is 10.9. The van der Waals surface area contributed by atoms with Crippen molar-refractivity contribution in [2.45, 2.75) is 6.92 Å². The quantitative estimate of drug-likeness (QED) is 0.672. The molecule has 0 saturated carbocycles. The van der Waals surface area contributed by atoms with Crippen molar-refractivity contribution in [1.82, 2.24) is 0 Å². The van der Waals surface area contributed by atoms with Crippen molar-refractivity contribution >= 4 is 11.0 Å². The third-order valence-electron chi connectivity index (χ3n) is 3.76. The van der Waals surface area contributed by atoms with Gasteiger partial charge < -0.3 is 24.5 Å². The second-order valence-corrected chi connectivity index (χ2v) is 5.10. The molecule has 1 heterocycles. The molecule has 0 aliphatic heterocycles. The lowest BCUT2D eigenvalue weighted by atomic mass is 10.0. The van der Waals surface area contributed by atoms with Crippen LogP contribution in [0.25, 0.3) is 22.1 Å². The molecule has 1 aromatic heterocycles. The Balaban J connectivity index is 2.33. The summed E-state index contributed by atoms with van der Waals surface area (Å²) in [6.45, 7) is 1.53. The van der Waals surface area contributed by atoms with Gasteiger partial charge in [-0.3, -0.25) is 4.79 Å². The van der Waals surface area contributed by atoms with Gasteiger partial charge >= 0.3 is 0 Å². The fourth-order valence-corrected chi connectivity index (χ4v) is 2.42. The molecule has 0 spiro atoms. The van der Waals surface area contributed by atoms with Crippen LogP contribution in [0.2, 0.25) is 0 Å². The molecule has 0 aliphatic rings.